The molecule has 0 amide bonds. The first-order valence-corrected chi connectivity index (χ1v) is 9.34. The van der Waals surface area contributed by atoms with Crippen molar-refractivity contribution in [2.24, 2.45) is 0 Å². The van der Waals surface area contributed by atoms with Gasteiger partial charge < -0.3 is 0 Å². The van der Waals surface area contributed by atoms with E-state index in [1.807, 2.05) is 0 Å². The maximum Gasteiger partial charge on any atom is 0.333 e. The van der Waals surface area contributed by atoms with Crippen LogP contribution in [0.1, 0.15) is 6.55 Å². The third kappa shape index (κ3) is 2.10. The third-order valence-electron chi connectivity index (χ3n) is 2.53. The van der Waals surface area contributed by atoms with Crippen molar-refractivity contribution in [2.45, 2.75) is 11.4 Å². The monoisotopic (exact) mass is 294 g/mol. The zero-order chi connectivity index (χ0) is 13.5. The van der Waals surface area contributed by atoms with E-state index in [2.05, 4.69) is 5.10 Å². The van der Waals surface area contributed by atoms with Crippen LogP contribution >= 0.6 is 9.93 Å². The Balaban J connectivity index is 2.60. The summed E-state index contributed by atoms with van der Waals surface area (Å²) in [5, 5.41) is 3.94. The number of thiol groups is 1. The van der Waals surface area contributed by atoms with Gasteiger partial charge in [-0.25, -0.2) is 13.1 Å². The summed E-state index contributed by atoms with van der Waals surface area (Å²) in [6.07, 6.45) is 4.52. The Kier molecular flexibility index (Phi) is 3.33. The van der Waals surface area contributed by atoms with Crippen molar-refractivity contribution < 1.29 is 17.2 Å². The van der Waals surface area contributed by atoms with Gasteiger partial charge in [-0.05, 0) is 30.7 Å². The summed E-state index contributed by atoms with van der Waals surface area (Å²) in [5.74, 6) is 0. The van der Waals surface area contributed by atoms with Crippen molar-refractivity contribution in [3.05, 3.63) is 24.4 Å². The summed E-state index contributed by atoms with van der Waals surface area (Å²) in [4.78, 5) is 0.153. The molecule has 0 unspecified atom stereocenters. The van der Waals surface area contributed by atoms with E-state index < -0.39 is 25.3 Å². The molecule has 0 saturated heterocycles. The van der Waals surface area contributed by atoms with Crippen LogP contribution in [0.5, 0.6) is 0 Å². The van der Waals surface area contributed by atoms with Gasteiger partial charge in [-0.1, -0.05) is 0 Å². The number of rotatable bonds is 3. The molecule has 0 saturated carbocycles. The van der Waals surface area contributed by atoms with Crippen molar-refractivity contribution >= 4 is 29.7 Å². The standard InChI is InChI=1S/C10H12F2N2O2S2/c1-17(2)18(15,16)8-3-4-9-7(5-8)6-13-14(9)10(11)12/h3-6,10,17H,1-2H3. The summed E-state index contributed by atoms with van der Waals surface area (Å²) < 4.78 is 49.7. The van der Waals surface area contributed by atoms with Crippen molar-refractivity contribution in [2.75, 3.05) is 12.5 Å². The molecule has 8 heteroatoms. The van der Waals surface area contributed by atoms with E-state index in [-0.39, 0.29) is 10.4 Å². The minimum absolute atomic E-state index is 0.153. The fourth-order valence-corrected chi connectivity index (χ4v) is 4.10. The maximum atomic E-state index is 12.6. The van der Waals surface area contributed by atoms with Gasteiger partial charge in [0.15, 0.2) is 0 Å². The van der Waals surface area contributed by atoms with Crippen molar-refractivity contribution in [3.8, 4) is 0 Å². The SMILES string of the molecule is C[SH](C)S(=O)(=O)c1ccc2c(cnn2C(F)F)c1. The first kappa shape index (κ1) is 13.3. The molecule has 18 heavy (non-hydrogen) atoms. The van der Waals surface area contributed by atoms with Crippen molar-refractivity contribution in [1.82, 2.24) is 9.78 Å². The fourth-order valence-electron chi connectivity index (χ4n) is 1.56. The third-order valence-corrected chi connectivity index (χ3v) is 7.86. The first-order chi connectivity index (χ1) is 8.34. The van der Waals surface area contributed by atoms with E-state index in [1.54, 1.807) is 12.5 Å². The van der Waals surface area contributed by atoms with Crippen LogP contribution in [0.15, 0.2) is 29.3 Å². The molecule has 0 aliphatic heterocycles. The largest absolute Gasteiger partial charge is 0.333 e. The smallest absolute Gasteiger partial charge is 0.214 e. The highest BCUT2D eigenvalue weighted by Crippen LogP contribution is 2.33. The molecular weight excluding hydrogens is 282 g/mol. The second kappa shape index (κ2) is 4.51. The molecule has 2 rings (SSSR count). The molecule has 1 heterocycles. The Bertz CT molecular complexity index is 680. The average molecular weight is 294 g/mol. The van der Waals surface area contributed by atoms with Crippen LogP contribution < -0.4 is 0 Å². The van der Waals surface area contributed by atoms with Gasteiger partial charge in [-0.3, -0.25) is 0 Å². The van der Waals surface area contributed by atoms with Gasteiger partial charge in [-0.15, -0.1) is 0 Å². The van der Waals surface area contributed by atoms with E-state index in [4.69, 9.17) is 0 Å². The second-order valence-corrected chi connectivity index (χ2v) is 10.6. The molecule has 0 aliphatic carbocycles. The molecule has 2 aromatic rings. The van der Waals surface area contributed by atoms with E-state index >= 15 is 0 Å². The molecule has 4 nitrogen and oxygen atoms in total. The topological polar surface area (TPSA) is 52.0 Å². The van der Waals surface area contributed by atoms with Gasteiger partial charge in [-0.2, -0.15) is 23.8 Å². The lowest BCUT2D eigenvalue weighted by Gasteiger charge is -2.11. The number of nitrogens with zero attached hydrogens (tertiary/aromatic N) is 2. The predicted octanol–water partition coefficient (Wildman–Crippen LogP) is 2.38. The van der Waals surface area contributed by atoms with Gasteiger partial charge in [0.25, 0.3) is 0 Å². The Labute approximate surface area is 105 Å². The number of alkyl halides is 2. The van der Waals surface area contributed by atoms with Gasteiger partial charge >= 0.3 is 6.55 Å². The number of aromatic nitrogens is 2. The minimum Gasteiger partial charge on any atom is -0.214 e. The van der Waals surface area contributed by atoms with E-state index in [0.717, 1.165) is 0 Å². The van der Waals surface area contributed by atoms with Gasteiger partial charge in [0.2, 0.25) is 8.87 Å². The van der Waals surface area contributed by atoms with E-state index in [9.17, 15) is 17.2 Å². The lowest BCUT2D eigenvalue weighted by molar-refractivity contribution is 0.0615. The summed E-state index contributed by atoms with van der Waals surface area (Å²) in [6, 6.07) is 4.10. The molecule has 0 atom stereocenters. The Morgan fingerprint density at radius 2 is 2.00 bits per heavy atom. The minimum atomic E-state index is -3.34. The Hall–Kier alpha value is -1.15. The molecule has 1 aromatic carbocycles. The first-order valence-electron chi connectivity index (χ1n) is 5.02. The summed E-state index contributed by atoms with van der Waals surface area (Å²) in [7, 11) is -4.52. The molecule has 0 N–H and O–H groups in total. The quantitative estimate of drug-likeness (QED) is 0.698. The van der Waals surface area contributed by atoms with Gasteiger partial charge in [0.05, 0.1) is 16.6 Å². The molecule has 0 spiro atoms. The van der Waals surface area contributed by atoms with Crippen LogP contribution in [0, 0.1) is 0 Å². The predicted molar refractivity (Wildman–Crippen MR) is 69.0 cm³/mol. The fraction of sp³-hybridized carbons (Fsp3) is 0.300. The molecule has 0 radical (unpaired) electrons. The number of hydrogen-bond donors (Lipinski definition) is 1. The van der Waals surface area contributed by atoms with Crippen LogP contribution in [0.3, 0.4) is 0 Å². The highest BCUT2D eigenvalue weighted by Gasteiger charge is 2.18. The lowest BCUT2D eigenvalue weighted by atomic mass is 10.2. The normalized spacial score (nSPS) is 13.3. The Morgan fingerprint density at radius 3 is 2.56 bits per heavy atom. The number of hydrogen-bond acceptors (Lipinski definition) is 3. The number of benzene rings is 1. The second-order valence-electron chi connectivity index (χ2n) is 3.87. The van der Waals surface area contributed by atoms with Crippen LogP contribution in [0.2, 0.25) is 0 Å². The summed E-state index contributed by atoms with van der Waals surface area (Å²) >= 11 is 0. The molecule has 0 bridgehead atoms. The van der Waals surface area contributed by atoms with Crippen LogP contribution in [0.25, 0.3) is 10.9 Å². The number of fused-ring (bicyclic) bond motifs is 1. The van der Waals surface area contributed by atoms with Crippen LogP contribution in [0.4, 0.5) is 8.78 Å². The van der Waals surface area contributed by atoms with Crippen molar-refractivity contribution in [1.29, 1.82) is 0 Å². The molecule has 0 aliphatic rings. The highest BCUT2D eigenvalue weighted by molar-refractivity contribution is 8.80. The Morgan fingerprint density at radius 1 is 1.33 bits per heavy atom. The van der Waals surface area contributed by atoms with E-state index in [0.29, 0.717) is 10.1 Å². The van der Waals surface area contributed by atoms with Gasteiger partial charge in [0, 0.05) is 5.39 Å². The molecule has 0 fully saturated rings. The molecule has 1 aromatic heterocycles. The maximum absolute atomic E-state index is 12.6. The molecule has 100 valence electrons. The summed E-state index contributed by atoms with van der Waals surface area (Å²) in [5.41, 5.74) is 0.223. The number of halogens is 2. The lowest BCUT2D eigenvalue weighted by Crippen LogP contribution is -2.01. The van der Waals surface area contributed by atoms with Crippen LogP contribution in [-0.2, 0) is 8.87 Å². The highest BCUT2D eigenvalue weighted by atomic mass is 33.2. The van der Waals surface area contributed by atoms with Gasteiger partial charge in [0.1, 0.15) is 0 Å². The average Bonchev–Trinajstić information content (AvgIpc) is 2.71. The van der Waals surface area contributed by atoms with Crippen molar-refractivity contribution in [3.63, 3.8) is 0 Å². The summed E-state index contributed by atoms with van der Waals surface area (Å²) in [6.45, 7) is -2.74. The zero-order valence-electron chi connectivity index (χ0n) is 9.71. The van der Waals surface area contributed by atoms with Crippen LogP contribution in [-0.4, -0.2) is 30.7 Å². The molecular formula is C10H12F2N2O2S2. The zero-order valence-corrected chi connectivity index (χ0v) is 11.4. The van der Waals surface area contributed by atoms with E-state index in [1.165, 1.54) is 24.4 Å².